The highest BCUT2D eigenvalue weighted by Crippen LogP contribution is 2.26. The van der Waals surface area contributed by atoms with Gasteiger partial charge in [0, 0.05) is 14.0 Å². The second-order valence-corrected chi connectivity index (χ2v) is 3.39. The van der Waals surface area contributed by atoms with Gasteiger partial charge < -0.3 is 4.74 Å². The number of methoxy groups -OCH3 is 1. The molecule has 5 nitrogen and oxygen atoms in total. The van der Waals surface area contributed by atoms with Crippen LogP contribution in [0, 0.1) is 6.92 Å². The van der Waals surface area contributed by atoms with Crippen LogP contribution in [0.1, 0.15) is 12.6 Å². The van der Waals surface area contributed by atoms with Crippen LogP contribution in [0.25, 0.3) is 0 Å². The van der Waals surface area contributed by atoms with Crippen molar-refractivity contribution in [3.8, 4) is 5.88 Å². The topological polar surface area (TPSA) is 55.3 Å². The van der Waals surface area contributed by atoms with Gasteiger partial charge in [0.05, 0.1) is 12.8 Å². The largest absolute Gasteiger partial charge is 0.480 e. The molecule has 1 amide bonds. The van der Waals surface area contributed by atoms with Crippen molar-refractivity contribution in [2.75, 3.05) is 19.1 Å². The van der Waals surface area contributed by atoms with E-state index in [0.717, 1.165) is 0 Å². The standard InChI is InChI=1S/C9H12ClN3O2/c1-5-7(10)8(15-4)12-9(11-5)13(3)6(2)14/h1-4H3. The van der Waals surface area contributed by atoms with Gasteiger partial charge in [-0.1, -0.05) is 11.6 Å². The number of hydrogen-bond donors (Lipinski definition) is 0. The number of amides is 1. The highest BCUT2D eigenvalue weighted by atomic mass is 35.5. The zero-order valence-electron chi connectivity index (χ0n) is 9.04. The van der Waals surface area contributed by atoms with E-state index in [0.29, 0.717) is 10.7 Å². The Kier molecular flexibility index (Phi) is 3.47. The molecule has 0 spiro atoms. The summed E-state index contributed by atoms with van der Waals surface area (Å²) >= 11 is 5.90. The van der Waals surface area contributed by atoms with Gasteiger partial charge in [-0.15, -0.1) is 0 Å². The van der Waals surface area contributed by atoms with Gasteiger partial charge in [0.15, 0.2) is 0 Å². The van der Waals surface area contributed by atoms with Gasteiger partial charge in [-0.05, 0) is 6.92 Å². The maximum absolute atomic E-state index is 11.1. The van der Waals surface area contributed by atoms with Gasteiger partial charge in [-0.2, -0.15) is 4.98 Å². The van der Waals surface area contributed by atoms with Crippen molar-refractivity contribution in [1.29, 1.82) is 0 Å². The van der Waals surface area contributed by atoms with E-state index in [4.69, 9.17) is 16.3 Å². The van der Waals surface area contributed by atoms with E-state index in [1.165, 1.54) is 18.9 Å². The molecule has 82 valence electrons. The summed E-state index contributed by atoms with van der Waals surface area (Å²) in [5, 5.41) is 0.359. The Hall–Kier alpha value is -1.36. The number of anilines is 1. The maximum atomic E-state index is 11.1. The second-order valence-electron chi connectivity index (χ2n) is 3.01. The van der Waals surface area contributed by atoms with Gasteiger partial charge in [0.1, 0.15) is 5.02 Å². The molecule has 1 aromatic rings. The Bertz CT molecular complexity index is 395. The first-order valence-corrected chi connectivity index (χ1v) is 4.67. The molecule has 0 unspecified atom stereocenters. The molecule has 6 heteroatoms. The van der Waals surface area contributed by atoms with Crippen LogP contribution in [0.5, 0.6) is 5.88 Å². The lowest BCUT2D eigenvalue weighted by molar-refractivity contribution is -0.116. The van der Waals surface area contributed by atoms with E-state index in [2.05, 4.69) is 9.97 Å². The summed E-state index contributed by atoms with van der Waals surface area (Å²) in [6.45, 7) is 3.16. The molecule has 1 rings (SSSR count). The molecule has 0 saturated heterocycles. The van der Waals surface area contributed by atoms with Crippen LogP contribution in [0.2, 0.25) is 5.02 Å². The van der Waals surface area contributed by atoms with E-state index in [-0.39, 0.29) is 17.7 Å². The first-order chi connectivity index (χ1) is 6.97. The third kappa shape index (κ3) is 2.36. The van der Waals surface area contributed by atoms with E-state index in [1.54, 1.807) is 14.0 Å². The van der Waals surface area contributed by atoms with Gasteiger partial charge in [-0.3, -0.25) is 9.69 Å². The number of nitrogens with zero attached hydrogens (tertiary/aromatic N) is 3. The fourth-order valence-electron chi connectivity index (χ4n) is 0.945. The van der Waals surface area contributed by atoms with Crippen molar-refractivity contribution in [2.24, 2.45) is 0 Å². The molecule has 0 N–H and O–H groups in total. The smallest absolute Gasteiger partial charge is 0.237 e. The summed E-state index contributed by atoms with van der Waals surface area (Å²) in [7, 11) is 3.05. The molecule has 0 aliphatic heterocycles. The summed E-state index contributed by atoms with van der Waals surface area (Å²) in [5.74, 6) is 0.396. The molecular weight excluding hydrogens is 218 g/mol. The molecular formula is C9H12ClN3O2. The average molecular weight is 230 g/mol. The number of aryl methyl sites for hydroxylation is 1. The van der Waals surface area contributed by atoms with Crippen molar-refractivity contribution in [3.63, 3.8) is 0 Å². The Balaban J connectivity index is 3.22. The molecule has 0 atom stereocenters. The summed E-state index contributed by atoms with van der Waals surface area (Å²) in [6.07, 6.45) is 0. The fourth-order valence-corrected chi connectivity index (χ4v) is 1.11. The van der Waals surface area contributed by atoms with E-state index >= 15 is 0 Å². The van der Waals surface area contributed by atoms with E-state index < -0.39 is 0 Å². The molecule has 0 saturated carbocycles. The van der Waals surface area contributed by atoms with Gasteiger partial charge >= 0.3 is 0 Å². The quantitative estimate of drug-likeness (QED) is 0.770. The van der Waals surface area contributed by atoms with Gasteiger partial charge in [0.2, 0.25) is 17.7 Å². The number of carbonyl (C=O) groups is 1. The van der Waals surface area contributed by atoms with E-state index in [1.807, 2.05) is 0 Å². The number of ether oxygens (including phenoxy) is 1. The minimum atomic E-state index is -0.154. The molecule has 0 bridgehead atoms. The normalized spacial score (nSPS) is 9.93. The molecule has 1 aromatic heterocycles. The number of hydrogen-bond acceptors (Lipinski definition) is 4. The third-order valence-corrected chi connectivity index (χ3v) is 2.38. The maximum Gasteiger partial charge on any atom is 0.237 e. The summed E-state index contributed by atoms with van der Waals surface area (Å²) in [6, 6.07) is 0. The number of rotatable bonds is 2. The van der Waals surface area contributed by atoms with Crippen molar-refractivity contribution in [1.82, 2.24) is 9.97 Å². The van der Waals surface area contributed by atoms with Crippen LogP contribution >= 0.6 is 11.6 Å². The highest BCUT2D eigenvalue weighted by Gasteiger charge is 2.14. The predicted molar refractivity (Wildman–Crippen MR) is 57.4 cm³/mol. The number of aromatic nitrogens is 2. The average Bonchev–Trinajstić information content (AvgIpc) is 2.20. The summed E-state index contributed by atoms with van der Waals surface area (Å²) < 4.78 is 4.98. The first-order valence-electron chi connectivity index (χ1n) is 4.29. The molecule has 0 aliphatic rings. The van der Waals surface area contributed by atoms with Gasteiger partial charge in [0.25, 0.3) is 0 Å². The van der Waals surface area contributed by atoms with Crippen LogP contribution in [-0.4, -0.2) is 30.0 Å². The molecule has 0 fully saturated rings. The Morgan fingerprint density at radius 1 is 1.47 bits per heavy atom. The monoisotopic (exact) mass is 229 g/mol. The molecule has 1 heterocycles. The predicted octanol–water partition coefficient (Wildman–Crippen LogP) is 1.43. The molecule has 0 aliphatic carbocycles. The summed E-state index contributed by atoms with van der Waals surface area (Å²) in [4.78, 5) is 20.5. The second kappa shape index (κ2) is 4.44. The lowest BCUT2D eigenvalue weighted by Gasteiger charge is -2.14. The van der Waals surface area contributed by atoms with E-state index in [9.17, 15) is 4.79 Å². The van der Waals surface area contributed by atoms with Crippen LogP contribution in [0.15, 0.2) is 0 Å². The summed E-state index contributed by atoms with van der Waals surface area (Å²) in [5.41, 5.74) is 0.576. The zero-order valence-corrected chi connectivity index (χ0v) is 9.79. The number of carbonyl (C=O) groups excluding carboxylic acids is 1. The van der Waals surface area contributed by atoms with Crippen LogP contribution in [-0.2, 0) is 4.79 Å². The lowest BCUT2D eigenvalue weighted by atomic mass is 10.4. The number of halogens is 1. The minimum Gasteiger partial charge on any atom is -0.480 e. The van der Waals surface area contributed by atoms with Crippen LogP contribution < -0.4 is 9.64 Å². The third-order valence-electron chi connectivity index (χ3n) is 1.94. The lowest BCUT2D eigenvalue weighted by Crippen LogP contribution is -2.25. The van der Waals surface area contributed by atoms with Crippen molar-refractivity contribution in [2.45, 2.75) is 13.8 Å². The van der Waals surface area contributed by atoms with Crippen LogP contribution in [0.3, 0.4) is 0 Å². The Morgan fingerprint density at radius 3 is 2.53 bits per heavy atom. The van der Waals surface area contributed by atoms with Crippen molar-refractivity contribution < 1.29 is 9.53 Å². The van der Waals surface area contributed by atoms with Crippen LogP contribution in [0.4, 0.5) is 5.95 Å². The van der Waals surface area contributed by atoms with Crippen molar-refractivity contribution in [3.05, 3.63) is 10.7 Å². The SMILES string of the molecule is COc1nc(N(C)C(C)=O)nc(C)c1Cl. The highest BCUT2D eigenvalue weighted by molar-refractivity contribution is 6.32. The fraction of sp³-hybridized carbons (Fsp3) is 0.444. The first kappa shape index (κ1) is 11.7. The molecule has 15 heavy (non-hydrogen) atoms. The minimum absolute atomic E-state index is 0.154. The molecule has 0 aromatic carbocycles. The molecule has 0 radical (unpaired) electrons. The zero-order chi connectivity index (χ0) is 11.6. The Morgan fingerprint density at radius 2 is 2.07 bits per heavy atom. The van der Waals surface area contributed by atoms with Crippen molar-refractivity contribution >= 4 is 23.5 Å². The van der Waals surface area contributed by atoms with Gasteiger partial charge in [-0.25, -0.2) is 4.98 Å². The Labute approximate surface area is 93.0 Å².